The molecule has 16 heavy (non-hydrogen) atoms. The summed E-state index contributed by atoms with van der Waals surface area (Å²) in [5.74, 6) is -2.44. The molecule has 0 aliphatic carbocycles. The molecule has 0 spiro atoms. The van der Waals surface area contributed by atoms with Gasteiger partial charge in [0.15, 0.2) is 0 Å². The van der Waals surface area contributed by atoms with Crippen LogP contribution in [0.5, 0.6) is 0 Å². The number of benzene rings is 1. The Bertz CT molecular complexity index is 306. The maximum Gasteiger partial charge on any atom is 0.250 e. The average molecular weight is 251 g/mol. The number of nitrogens with zero attached hydrogens (tertiary/aromatic N) is 1. The van der Waals surface area contributed by atoms with E-state index in [2.05, 4.69) is 4.90 Å². The van der Waals surface area contributed by atoms with E-state index in [1.165, 1.54) is 5.56 Å². The monoisotopic (exact) mass is 251 g/mol. The minimum absolute atomic E-state index is 0. The van der Waals surface area contributed by atoms with Gasteiger partial charge in [-0.3, -0.25) is 4.90 Å². The second-order valence-electron chi connectivity index (χ2n) is 4.12. The minimum atomic E-state index is -2.44. The molecular weight excluding hydrogens is 236 g/mol. The fourth-order valence-corrected chi connectivity index (χ4v) is 1.88. The Morgan fingerprint density at radius 1 is 1.06 bits per heavy atom. The molecule has 1 heterocycles. The molecule has 4 heteroatoms. The molecule has 0 amide bonds. The summed E-state index contributed by atoms with van der Waals surface area (Å²) in [5.41, 5.74) is 1.20. The third kappa shape index (κ3) is 4.28. The van der Waals surface area contributed by atoms with Gasteiger partial charge in [-0.05, 0) is 5.56 Å². The van der Waals surface area contributed by atoms with Crippen LogP contribution in [0, 0.1) is 37.7 Å². The van der Waals surface area contributed by atoms with E-state index in [-0.39, 0.29) is 50.6 Å². The van der Waals surface area contributed by atoms with Gasteiger partial charge in [0, 0.05) is 70.2 Å². The number of rotatable bonds is 2. The van der Waals surface area contributed by atoms with E-state index in [1.807, 2.05) is 30.3 Å². The summed E-state index contributed by atoms with van der Waals surface area (Å²) < 4.78 is 25.8. The second kappa shape index (κ2) is 6.29. The summed E-state index contributed by atoms with van der Waals surface area (Å²) in [4.78, 5) is 2.09. The molecule has 1 saturated heterocycles. The van der Waals surface area contributed by atoms with E-state index in [9.17, 15) is 8.78 Å². The van der Waals surface area contributed by atoms with Gasteiger partial charge in [0.2, 0.25) is 0 Å². The molecule has 1 aliphatic rings. The molecule has 0 atom stereocenters. The van der Waals surface area contributed by atoms with Gasteiger partial charge in [0.1, 0.15) is 0 Å². The molecule has 0 aromatic heterocycles. The number of hydrogen-bond acceptors (Lipinski definition) is 1. The number of halogens is 2. The molecule has 1 aromatic rings. The van der Waals surface area contributed by atoms with Crippen LogP contribution in [0.25, 0.3) is 0 Å². The van der Waals surface area contributed by atoms with Crippen molar-refractivity contribution in [3.63, 3.8) is 0 Å². The summed E-state index contributed by atoms with van der Waals surface area (Å²) in [6, 6.07) is 10.00. The van der Waals surface area contributed by atoms with E-state index in [0.29, 0.717) is 13.1 Å². The summed E-state index contributed by atoms with van der Waals surface area (Å²) in [5, 5.41) is 0. The Morgan fingerprint density at radius 2 is 1.62 bits per heavy atom. The van der Waals surface area contributed by atoms with Gasteiger partial charge in [-0.2, -0.15) is 0 Å². The van der Waals surface area contributed by atoms with Crippen LogP contribution in [-0.4, -0.2) is 23.9 Å². The van der Waals surface area contributed by atoms with Crippen LogP contribution in [0.3, 0.4) is 0 Å². The molecule has 2 rings (SSSR count). The predicted octanol–water partition coefficient (Wildman–Crippen LogP) is 2.92. The van der Waals surface area contributed by atoms with Crippen LogP contribution >= 0.6 is 0 Å². The summed E-state index contributed by atoms with van der Waals surface area (Å²) in [7, 11) is 0. The van der Waals surface area contributed by atoms with Gasteiger partial charge >= 0.3 is 0 Å². The number of piperidine rings is 1. The summed E-state index contributed by atoms with van der Waals surface area (Å²) >= 11 is 0. The zero-order valence-corrected chi connectivity index (χ0v) is 9.69. The van der Waals surface area contributed by atoms with Crippen LogP contribution < -0.4 is 0 Å². The maximum absolute atomic E-state index is 12.9. The Hall–Kier alpha value is 0.300. The number of likely N-dealkylation sites (tertiary alicyclic amines) is 1. The topological polar surface area (TPSA) is 3.24 Å². The van der Waals surface area contributed by atoms with E-state index in [0.717, 1.165) is 6.54 Å². The quantitative estimate of drug-likeness (QED) is 0.781. The van der Waals surface area contributed by atoms with Crippen molar-refractivity contribution < 1.29 is 46.5 Å². The van der Waals surface area contributed by atoms with Crippen molar-refractivity contribution in [3.05, 3.63) is 35.9 Å². The molecule has 1 fully saturated rings. The first-order valence-corrected chi connectivity index (χ1v) is 5.30. The Kier molecular flexibility index (Phi) is 5.65. The van der Waals surface area contributed by atoms with Crippen molar-refractivity contribution in [2.24, 2.45) is 0 Å². The fraction of sp³-hybridized carbons (Fsp3) is 0.500. The van der Waals surface area contributed by atoms with E-state index in [4.69, 9.17) is 0 Å². The third-order valence-corrected chi connectivity index (χ3v) is 2.84. The molecule has 1 aliphatic heterocycles. The van der Waals surface area contributed by atoms with Crippen LogP contribution in [0.2, 0.25) is 0 Å². The molecule has 0 unspecified atom stereocenters. The molecule has 0 radical (unpaired) electrons. The van der Waals surface area contributed by atoms with Crippen molar-refractivity contribution in [2.45, 2.75) is 25.3 Å². The van der Waals surface area contributed by atoms with Gasteiger partial charge in [0.05, 0.1) is 0 Å². The average Bonchev–Trinajstić information content (AvgIpc) is 2.23. The van der Waals surface area contributed by atoms with Gasteiger partial charge < -0.3 is 0 Å². The van der Waals surface area contributed by atoms with Crippen LogP contribution in [0.4, 0.5) is 8.78 Å². The van der Waals surface area contributed by atoms with Crippen LogP contribution in [-0.2, 0) is 6.54 Å². The zero-order valence-electron chi connectivity index (χ0n) is 8.98. The maximum atomic E-state index is 12.9. The number of alkyl halides is 2. The first-order valence-electron chi connectivity index (χ1n) is 5.30. The van der Waals surface area contributed by atoms with Crippen molar-refractivity contribution in [3.8, 4) is 0 Å². The van der Waals surface area contributed by atoms with Gasteiger partial charge in [-0.15, -0.1) is 0 Å². The Labute approximate surface area is 125 Å². The summed E-state index contributed by atoms with van der Waals surface area (Å²) in [6.45, 7) is 1.79. The Balaban J connectivity index is 0.00000128. The normalized spacial score (nSPS) is 20.1. The van der Waals surface area contributed by atoms with Gasteiger partial charge in [-0.1, -0.05) is 30.3 Å². The Morgan fingerprint density at radius 3 is 2.19 bits per heavy atom. The molecule has 90 valence electrons. The fourth-order valence-electron chi connectivity index (χ4n) is 1.88. The van der Waals surface area contributed by atoms with Crippen LogP contribution in [0.1, 0.15) is 18.4 Å². The standard InChI is InChI=1S/C12H15F2N.Ar/c13-12(14)6-8-15(9-7-12)10-11-4-2-1-3-5-11;/h1-5H,6-10H2;. The largest absolute Gasteiger partial charge is 0.299 e. The first-order chi connectivity index (χ1) is 7.16. The molecule has 0 bridgehead atoms. The number of hydrogen-bond donors (Lipinski definition) is 0. The molecule has 1 aromatic carbocycles. The second-order valence-corrected chi connectivity index (χ2v) is 4.12. The van der Waals surface area contributed by atoms with Crippen molar-refractivity contribution in [1.82, 2.24) is 4.90 Å². The van der Waals surface area contributed by atoms with Crippen molar-refractivity contribution in [1.29, 1.82) is 0 Å². The molecule has 0 N–H and O–H groups in total. The van der Waals surface area contributed by atoms with E-state index < -0.39 is 5.92 Å². The minimum Gasteiger partial charge on any atom is -0.299 e. The first kappa shape index (κ1) is 14.4. The van der Waals surface area contributed by atoms with E-state index >= 15 is 0 Å². The van der Waals surface area contributed by atoms with Crippen molar-refractivity contribution in [2.75, 3.05) is 13.1 Å². The smallest absolute Gasteiger partial charge is 0.250 e. The van der Waals surface area contributed by atoms with Gasteiger partial charge in [0.25, 0.3) is 5.92 Å². The molecular formula is C12H15ArF2N. The van der Waals surface area contributed by atoms with Crippen LogP contribution in [0.15, 0.2) is 30.3 Å². The molecule has 0 saturated carbocycles. The SMILES string of the molecule is FC1(F)CCN(Cc2ccccc2)CC1.[Ar]. The summed E-state index contributed by atoms with van der Waals surface area (Å²) in [6.07, 6.45) is -0.000330. The third-order valence-electron chi connectivity index (χ3n) is 2.84. The van der Waals surface area contributed by atoms with E-state index in [1.54, 1.807) is 0 Å². The van der Waals surface area contributed by atoms with Gasteiger partial charge in [-0.25, -0.2) is 8.78 Å². The predicted molar refractivity (Wildman–Crippen MR) is 55.9 cm³/mol. The zero-order chi connectivity index (χ0) is 10.7. The molecule has 1 nitrogen and oxygen atoms in total. The van der Waals surface area contributed by atoms with Crippen molar-refractivity contribution >= 4 is 0 Å².